The summed E-state index contributed by atoms with van der Waals surface area (Å²) in [5, 5.41) is 3.94. The summed E-state index contributed by atoms with van der Waals surface area (Å²) in [7, 11) is 0.354. The van der Waals surface area contributed by atoms with Gasteiger partial charge in [0, 0.05) is 13.3 Å². The molecule has 3 nitrogen and oxygen atoms in total. The van der Waals surface area contributed by atoms with Gasteiger partial charge in [0.25, 0.3) is 0 Å². The smallest absolute Gasteiger partial charge is 0.318 e. The van der Waals surface area contributed by atoms with Crippen LogP contribution in [0.5, 0.6) is 0 Å². The zero-order valence-electron chi connectivity index (χ0n) is 24.3. The van der Waals surface area contributed by atoms with Crippen LogP contribution in [-0.4, -0.2) is 36.1 Å². The van der Waals surface area contributed by atoms with E-state index in [1.54, 1.807) is 0 Å². The van der Waals surface area contributed by atoms with Gasteiger partial charge in [-0.25, -0.2) is 4.79 Å². The topological polar surface area (TPSA) is 38.7 Å². The average Bonchev–Trinajstić information content (AvgIpc) is 3.00. The number of carbonyl (C=O) groups excluding carboxylic acids is 1. The molecule has 5 heteroatoms. The summed E-state index contributed by atoms with van der Waals surface area (Å²) < 4.78 is 0. The van der Waals surface area contributed by atoms with E-state index in [9.17, 15) is 4.79 Å². The van der Waals surface area contributed by atoms with E-state index in [1.807, 2.05) is 30.3 Å². The number of carbonyl (C=O) groups is 1. The van der Waals surface area contributed by atoms with Crippen molar-refractivity contribution in [1.29, 1.82) is 0 Å². The van der Waals surface area contributed by atoms with Crippen LogP contribution in [0.2, 0.25) is 6.32 Å². The molecule has 0 aliphatic heterocycles. The molecule has 0 aliphatic carbocycles. The summed E-state index contributed by atoms with van der Waals surface area (Å²) in [5.41, 5.74) is 6.18. The first-order valence-corrected chi connectivity index (χ1v) is 16.4. The van der Waals surface area contributed by atoms with E-state index in [4.69, 9.17) is 4.84 Å². The Bertz CT molecular complexity index is 1200. The molecular weight excluding hydrogens is 509 g/mol. The fourth-order valence-corrected chi connectivity index (χ4v) is 5.83. The molecule has 4 rings (SSSR count). The van der Waals surface area contributed by atoms with Crippen LogP contribution in [-0.2, 0) is 20.5 Å². The molecule has 0 heterocycles. The minimum Gasteiger partial charge on any atom is -0.318 e. The van der Waals surface area contributed by atoms with Crippen LogP contribution in [0, 0.1) is 0 Å². The summed E-state index contributed by atoms with van der Waals surface area (Å²) in [4.78, 5) is 15.5. The molecular formula is C35H42BNO2S. The van der Waals surface area contributed by atoms with Gasteiger partial charge in [0.1, 0.15) is 5.75 Å². The molecule has 0 spiro atoms. The second-order valence-electron chi connectivity index (χ2n) is 10.3. The van der Waals surface area contributed by atoms with Gasteiger partial charge in [0.05, 0.1) is 24.4 Å². The molecule has 0 radical (unpaired) electrons. The Labute approximate surface area is 243 Å². The van der Waals surface area contributed by atoms with E-state index in [0.717, 1.165) is 23.4 Å². The van der Waals surface area contributed by atoms with Crippen molar-refractivity contribution < 1.29 is 9.63 Å². The lowest BCUT2D eigenvalue weighted by Crippen LogP contribution is -2.66. The Morgan fingerprint density at radius 1 is 0.725 bits per heavy atom. The van der Waals surface area contributed by atoms with Gasteiger partial charge >= 0.3 is 5.97 Å². The largest absolute Gasteiger partial charge is 0.331 e. The highest BCUT2D eigenvalue weighted by Gasteiger charge is 2.28. The Balaban J connectivity index is 0.000000232. The van der Waals surface area contributed by atoms with Crippen LogP contribution >= 0.6 is 0 Å². The minimum absolute atomic E-state index is 0.354. The van der Waals surface area contributed by atoms with E-state index < -0.39 is 6.15 Å². The highest BCUT2D eigenvalue weighted by atomic mass is 32.2. The second kappa shape index (κ2) is 16.5. The molecule has 0 fully saturated rings. The van der Waals surface area contributed by atoms with Crippen molar-refractivity contribution in [3.8, 4) is 0 Å². The first-order valence-electron chi connectivity index (χ1n) is 14.1. The summed E-state index contributed by atoms with van der Waals surface area (Å²) in [5.74, 6) is 0.667. The highest BCUT2D eigenvalue weighted by molar-refractivity contribution is 7.95. The SMILES string of the molecule is CC(=O)ON=C(CC[S+](C)C)c1ccccc1.CCCC[B-](c1ccccc1)(c1ccccc1)c1ccccc1. The van der Waals surface area contributed by atoms with Crippen LogP contribution in [0.4, 0.5) is 0 Å². The van der Waals surface area contributed by atoms with Crippen LogP contribution in [0.25, 0.3) is 0 Å². The van der Waals surface area contributed by atoms with Crippen molar-refractivity contribution in [2.45, 2.75) is 39.4 Å². The molecule has 0 aliphatic rings. The first kappa shape index (κ1) is 31.0. The van der Waals surface area contributed by atoms with Gasteiger partial charge in [-0.15, -0.1) is 0 Å². The lowest BCUT2D eigenvalue weighted by Gasteiger charge is -2.43. The van der Waals surface area contributed by atoms with Crippen molar-refractivity contribution in [3.05, 3.63) is 127 Å². The third kappa shape index (κ3) is 8.99. The lowest BCUT2D eigenvalue weighted by atomic mass is 9.14. The van der Waals surface area contributed by atoms with Crippen molar-refractivity contribution in [2.75, 3.05) is 18.3 Å². The second-order valence-corrected chi connectivity index (χ2v) is 12.7. The Morgan fingerprint density at radius 2 is 1.15 bits per heavy atom. The fourth-order valence-electron chi connectivity index (χ4n) is 5.23. The molecule has 40 heavy (non-hydrogen) atoms. The molecule has 0 aromatic heterocycles. The van der Waals surface area contributed by atoms with Crippen molar-refractivity contribution in [2.24, 2.45) is 5.16 Å². The number of nitrogens with zero attached hydrogens (tertiary/aromatic N) is 1. The third-order valence-electron chi connectivity index (χ3n) is 7.24. The summed E-state index contributed by atoms with van der Waals surface area (Å²) >= 11 is 0. The molecule has 0 amide bonds. The normalized spacial score (nSPS) is 11.5. The molecule has 4 aromatic rings. The van der Waals surface area contributed by atoms with Crippen LogP contribution in [0.1, 0.15) is 38.7 Å². The van der Waals surface area contributed by atoms with E-state index in [0.29, 0.717) is 10.9 Å². The maximum absolute atomic E-state index is 10.8. The number of hydrogen-bond acceptors (Lipinski definition) is 3. The van der Waals surface area contributed by atoms with Crippen molar-refractivity contribution >= 4 is 45.1 Å². The predicted octanol–water partition coefficient (Wildman–Crippen LogP) is 6.18. The van der Waals surface area contributed by atoms with Gasteiger partial charge in [0.15, 0.2) is 0 Å². The van der Waals surface area contributed by atoms with Crippen molar-refractivity contribution in [1.82, 2.24) is 0 Å². The van der Waals surface area contributed by atoms with E-state index >= 15 is 0 Å². The van der Waals surface area contributed by atoms with Crippen LogP contribution < -0.4 is 16.4 Å². The summed E-state index contributed by atoms with van der Waals surface area (Å²) in [6.07, 6.45) is 7.93. The standard InChI is InChI=1S/C22H24B.C13H18NO2S/c1-2-3-19-23(20-13-7-4-8-14-20,21-15-9-5-10-16-21)22-17-11-6-12-18-22;1-11(15)16-14-13(9-10-17(2)3)12-7-5-4-6-8-12/h4-18H,2-3,19H2,1H3;4-8H,9-10H2,1-3H3/q-1;+1. The van der Waals surface area contributed by atoms with E-state index in [1.165, 1.54) is 42.5 Å². The molecule has 4 aromatic carbocycles. The third-order valence-corrected chi connectivity index (χ3v) is 8.26. The zero-order valence-corrected chi connectivity index (χ0v) is 25.1. The zero-order chi connectivity index (χ0) is 28.6. The van der Waals surface area contributed by atoms with Gasteiger partial charge < -0.3 is 4.84 Å². The van der Waals surface area contributed by atoms with E-state index in [-0.39, 0.29) is 5.97 Å². The van der Waals surface area contributed by atoms with Gasteiger partial charge in [-0.05, 0) is 16.5 Å². The molecule has 0 N–H and O–H groups in total. The van der Waals surface area contributed by atoms with Crippen LogP contribution in [0.15, 0.2) is 126 Å². The maximum atomic E-state index is 10.8. The predicted molar refractivity (Wildman–Crippen MR) is 177 cm³/mol. The average molecular weight is 552 g/mol. The Hall–Kier alpha value is -3.57. The van der Waals surface area contributed by atoms with Crippen molar-refractivity contribution in [3.63, 3.8) is 0 Å². The van der Waals surface area contributed by atoms with E-state index in [2.05, 4.69) is 116 Å². The monoisotopic (exact) mass is 551 g/mol. The Morgan fingerprint density at radius 3 is 1.52 bits per heavy atom. The number of unbranched alkanes of at least 4 members (excludes halogenated alkanes) is 1. The number of rotatable bonds is 11. The maximum Gasteiger partial charge on any atom is 0.331 e. The molecule has 0 bridgehead atoms. The number of oxime groups is 1. The Kier molecular flexibility index (Phi) is 12.8. The molecule has 208 valence electrons. The molecule has 0 unspecified atom stereocenters. The summed E-state index contributed by atoms with van der Waals surface area (Å²) in [6.45, 7) is 3.64. The highest BCUT2D eigenvalue weighted by Crippen LogP contribution is 2.16. The molecule has 0 saturated carbocycles. The minimum atomic E-state index is -0.913. The van der Waals surface area contributed by atoms with Gasteiger partial charge in [-0.1, -0.05) is 146 Å². The number of hydrogen-bond donors (Lipinski definition) is 0. The molecule has 0 atom stereocenters. The van der Waals surface area contributed by atoms with Gasteiger partial charge in [-0.3, -0.25) is 0 Å². The fraction of sp³-hybridized carbons (Fsp3) is 0.257. The van der Waals surface area contributed by atoms with Gasteiger partial charge in [0.2, 0.25) is 0 Å². The quantitative estimate of drug-likeness (QED) is 0.0735. The van der Waals surface area contributed by atoms with Crippen LogP contribution in [0.3, 0.4) is 0 Å². The molecule has 0 saturated heterocycles. The first-order chi connectivity index (χ1) is 19.5. The summed E-state index contributed by atoms with van der Waals surface area (Å²) in [6, 6.07) is 43.0. The van der Waals surface area contributed by atoms with Gasteiger partial charge in [-0.2, -0.15) is 22.7 Å². The lowest BCUT2D eigenvalue weighted by molar-refractivity contribution is -0.140. The number of benzene rings is 4.